The Morgan fingerprint density at radius 2 is 1.93 bits per heavy atom. The van der Waals surface area contributed by atoms with E-state index in [4.69, 9.17) is 5.26 Å². The van der Waals surface area contributed by atoms with Crippen molar-refractivity contribution in [3.63, 3.8) is 0 Å². The highest BCUT2D eigenvalue weighted by molar-refractivity contribution is 5.99. The van der Waals surface area contributed by atoms with Crippen molar-refractivity contribution in [2.24, 2.45) is 0 Å². The molecule has 1 aromatic carbocycles. The van der Waals surface area contributed by atoms with Gasteiger partial charge in [-0.1, -0.05) is 12.1 Å². The first-order chi connectivity index (χ1) is 7.13. The van der Waals surface area contributed by atoms with Crippen molar-refractivity contribution < 1.29 is 9.59 Å². The largest absolute Gasteiger partial charge is 0.349 e. The molecule has 15 heavy (non-hydrogen) atoms. The quantitative estimate of drug-likeness (QED) is 0.739. The van der Waals surface area contributed by atoms with Gasteiger partial charge in [0.15, 0.2) is 5.78 Å². The third kappa shape index (κ3) is 3.24. The smallest absolute Gasteiger partial charge is 0.217 e. The first-order valence-electron chi connectivity index (χ1n) is 4.41. The minimum atomic E-state index is -0.239. The van der Waals surface area contributed by atoms with Gasteiger partial charge < -0.3 is 5.32 Å². The van der Waals surface area contributed by atoms with Gasteiger partial charge >= 0.3 is 0 Å². The molecule has 0 saturated carbocycles. The van der Waals surface area contributed by atoms with Crippen LogP contribution in [0.15, 0.2) is 24.3 Å². The number of nitriles is 1. The number of hydrogen-bond acceptors (Lipinski definition) is 3. The van der Waals surface area contributed by atoms with Gasteiger partial charge in [-0.3, -0.25) is 9.59 Å². The number of carbonyl (C=O) groups is 2. The van der Waals surface area contributed by atoms with Crippen molar-refractivity contribution in [1.82, 2.24) is 5.32 Å². The number of Topliss-reactive ketones (excluding diaryl/α,β-unsaturated/α-hetero) is 1. The van der Waals surface area contributed by atoms with Crippen LogP contribution in [0, 0.1) is 11.3 Å². The van der Waals surface area contributed by atoms with E-state index in [-0.39, 0.29) is 18.2 Å². The normalized spacial score (nSPS) is 9.07. The van der Waals surface area contributed by atoms with Crippen molar-refractivity contribution in [1.29, 1.82) is 5.26 Å². The Labute approximate surface area is 87.5 Å². The lowest BCUT2D eigenvalue weighted by Gasteiger charge is -2.01. The Balaban J connectivity index is 2.67. The van der Waals surface area contributed by atoms with Crippen LogP contribution in [-0.4, -0.2) is 18.2 Å². The zero-order valence-electron chi connectivity index (χ0n) is 8.28. The van der Waals surface area contributed by atoms with Gasteiger partial charge in [-0.2, -0.15) is 5.26 Å². The summed E-state index contributed by atoms with van der Waals surface area (Å²) in [6, 6.07) is 8.25. The number of benzene rings is 1. The summed E-state index contributed by atoms with van der Waals surface area (Å²) in [4.78, 5) is 22.0. The van der Waals surface area contributed by atoms with E-state index in [0.29, 0.717) is 11.1 Å². The topological polar surface area (TPSA) is 70.0 Å². The lowest BCUT2D eigenvalue weighted by atomic mass is 10.1. The van der Waals surface area contributed by atoms with Gasteiger partial charge in [0.1, 0.15) is 0 Å². The molecule has 1 aromatic rings. The SMILES string of the molecule is CC(=O)NCC(=O)c1ccc(C#N)cc1. The van der Waals surface area contributed by atoms with E-state index in [1.54, 1.807) is 24.3 Å². The molecule has 1 rings (SSSR count). The fourth-order valence-electron chi connectivity index (χ4n) is 1.04. The third-order valence-electron chi connectivity index (χ3n) is 1.83. The Kier molecular flexibility index (Phi) is 3.58. The first kappa shape index (κ1) is 10.9. The van der Waals surface area contributed by atoms with Crippen LogP contribution in [0.2, 0.25) is 0 Å². The van der Waals surface area contributed by atoms with Crippen molar-refractivity contribution in [3.8, 4) is 6.07 Å². The van der Waals surface area contributed by atoms with Crippen LogP contribution in [0.5, 0.6) is 0 Å². The molecule has 0 atom stereocenters. The zero-order chi connectivity index (χ0) is 11.3. The van der Waals surface area contributed by atoms with Crippen LogP contribution >= 0.6 is 0 Å². The molecule has 0 aliphatic carbocycles. The second-order valence-electron chi connectivity index (χ2n) is 3.02. The first-order valence-corrected chi connectivity index (χ1v) is 4.41. The lowest BCUT2D eigenvalue weighted by molar-refractivity contribution is -0.118. The second kappa shape index (κ2) is 4.91. The molecular formula is C11H10N2O2. The maximum Gasteiger partial charge on any atom is 0.217 e. The standard InChI is InChI=1S/C11H10N2O2/c1-8(14)13-7-11(15)10-4-2-9(6-12)3-5-10/h2-5H,7H2,1H3,(H,13,14). The van der Waals surface area contributed by atoms with Gasteiger partial charge in [0.25, 0.3) is 0 Å². The number of amides is 1. The Hall–Kier alpha value is -2.15. The molecule has 0 aromatic heterocycles. The number of ketones is 1. The summed E-state index contributed by atoms with van der Waals surface area (Å²) in [6.07, 6.45) is 0. The summed E-state index contributed by atoms with van der Waals surface area (Å²) >= 11 is 0. The number of rotatable bonds is 3. The molecule has 1 amide bonds. The predicted octanol–water partition coefficient (Wildman–Crippen LogP) is 0.877. The molecule has 4 heteroatoms. The van der Waals surface area contributed by atoms with Crippen molar-refractivity contribution in [2.75, 3.05) is 6.54 Å². The van der Waals surface area contributed by atoms with Gasteiger partial charge in [-0.15, -0.1) is 0 Å². The van der Waals surface area contributed by atoms with Crippen LogP contribution in [0.3, 0.4) is 0 Å². The van der Waals surface area contributed by atoms with E-state index < -0.39 is 0 Å². The molecule has 0 bridgehead atoms. The molecule has 0 aliphatic rings. The van der Waals surface area contributed by atoms with E-state index in [1.807, 2.05) is 6.07 Å². The molecule has 0 heterocycles. The molecule has 0 aliphatic heterocycles. The lowest BCUT2D eigenvalue weighted by Crippen LogP contribution is -2.27. The molecule has 1 N–H and O–H groups in total. The molecule has 0 unspecified atom stereocenters. The average Bonchev–Trinajstić information content (AvgIpc) is 2.26. The molecular weight excluding hydrogens is 192 g/mol. The van der Waals surface area contributed by atoms with E-state index in [1.165, 1.54) is 6.92 Å². The van der Waals surface area contributed by atoms with Crippen LogP contribution < -0.4 is 5.32 Å². The van der Waals surface area contributed by atoms with Crippen LogP contribution in [0.4, 0.5) is 0 Å². The average molecular weight is 202 g/mol. The Morgan fingerprint density at radius 3 is 2.40 bits per heavy atom. The monoisotopic (exact) mass is 202 g/mol. The number of nitrogens with one attached hydrogen (secondary N) is 1. The van der Waals surface area contributed by atoms with Gasteiger partial charge in [-0.25, -0.2) is 0 Å². The highest BCUT2D eigenvalue weighted by Gasteiger charge is 2.05. The maximum absolute atomic E-state index is 11.5. The van der Waals surface area contributed by atoms with Gasteiger partial charge in [-0.05, 0) is 12.1 Å². The molecule has 0 radical (unpaired) electrons. The maximum atomic E-state index is 11.5. The fourth-order valence-corrected chi connectivity index (χ4v) is 1.04. The Bertz CT molecular complexity index is 415. The molecule has 0 spiro atoms. The van der Waals surface area contributed by atoms with Crippen LogP contribution in [0.1, 0.15) is 22.8 Å². The summed E-state index contributed by atoms with van der Waals surface area (Å²) in [6.45, 7) is 1.34. The summed E-state index contributed by atoms with van der Waals surface area (Å²) in [5.74, 6) is -0.410. The highest BCUT2D eigenvalue weighted by atomic mass is 16.2. The zero-order valence-corrected chi connectivity index (χ0v) is 8.28. The summed E-state index contributed by atoms with van der Waals surface area (Å²) in [5, 5.41) is 11.0. The predicted molar refractivity (Wildman–Crippen MR) is 54.2 cm³/mol. The van der Waals surface area contributed by atoms with Crippen molar-refractivity contribution >= 4 is 11.7 Å². The molecule has 0 saturated heterocycles. The molecule has 4 nitrogen and oxygen atoms in total. The van der Waals surface area contributed by atoms with E-state index in [9.17, 15) is 9.59 Å². The van der Waals surface area contributed by atoms with Gasteiger partial charge in [0.2, 0.25) is 5.91 Å². The minimum Gasteiger partial charge on any atom is -0.349 e. The fraction of sp³-hybridized carbons (Fsp3) is 0.182. The van der Waals surface area contributed by atoms with Gasteiger partial charge in [0, 0.05) is 12.5 Å². The summed E-state index contributed by atoms with van der Waals surface area (Å²) in [5.41, 5.74) is 0.994. The molecule has 0 fully saturated rings. The Morgan fingerprint density at radius 1 is 1.33 bits per heavy atom. The van der Waals surface area contributed by atoms with Crippen LogP contribution in [0.25, 0.3) is 0 Å². The number of nitrogens with zero attached hydrogens (tertiary/aromatic N) is 1. The highest BCUT2D eigenvalue weighted by Crippen LogP contribution is 2.03. The van der Waals surface area contributed by atoms with Crippen LogP contribution in [-0.2, 0) is 4.79 Å². The van der Waals surface area contributed by atoms with Crippen molar-refractivity contribution in [2.45, 2.75) is 6.92 Å². The summed E-state index contributed by atoms with van der Waals surface area (Å²) in [7, 11) is 0. The number of carbonyl (C=O) groups excluding carboxylic acids is 2. The number of hydrogen-bond donors (Lipinski definition) is 1. The second-order valence-corrected chi connectivity index (χ2v) is 3.02. The minimum absolute atomic E-state index is 0.0127. The third-order valence-corrected chi connectivity index (χ3v) is 1.83. The van der Waals surface area contributed by atoms with E-state index >= 15 is 0 Å². The van der Waals surface area contributed by atoms with Crippen molar-refractivity contribution in [3.05, 3.63) is 35.4 Å². The van der Waals surface area contributed by atoms with Gasteiger partial charge in [0.05, 0.1) is 18.2 Å². The molecule has 76 valence electrons. The summed E-state index contributed by atoms with van der Waals surface area (Å²) < 4.78 is 0. The van der Waals surface area contributed by atoms with E-state index in [0.717, 1.165) is 0 Å². The van der Waals surface area contributed by atoms with E-state index in [2.05, 4.69) is 5.32 Å².